The fourth-order valence-corrected chi connectivity index (χ4v) is 4.26. The Labute approximate surface area is 172 Å². The van der Waals surface area contributed by atoms with Crippen molar-refractivity contribution in [2.24, 2.45) is 4.99 Å². The third kappa shape index (κ3) is 3.34. The Morgan fingerprint density at radius 1 is 1.03 bits per heavy atom. The third-order valence-corrected chi connectivity index (χ3v) is 6.13. The predicted molar refractivity (Wildman–Crippen MR) is 107 cm³/mol. The van der Waals surface area contributed by atoms with E-state index < -0.39 is 17.4 Å². The Morgan fingerprint density at radius 2 is 1.73 bits per heavy atom. The quantitative estimate of drug-likeness (QED) is 0.829. The average Bonchev–Trinajstić information content (AvgIpc) is 3.54. The lowest BCUT2D eigenvalue weighted by atomic mass is 9.88. The molecular weight excluding hydrogens is 393 g/mol. The fraction of sp³-hybridized carbons (Fsp3) is 0.409. The highest BCUT2D eigenvalue weighted by molar-refractivity contribution is 6.16. The minimum Gasteiger partial charge on any atom is -0.371 e. The van der Waals surface area contributed by atoms with Gasteiger partial charge in [-0.25, -0.2) is 4.98 Å². The molecule has 1 spiro atoms. The third-order valence-electron chi connectivity index (χ3n) is 6.13. The first-order valence-electron chi connectivity index (χ1n) is 10.2. The van der Waals surface area contributed by atoms with Crippen LogP contribution in [0.15, 0.2) is 47.5 Å². The van der Waals surface area contributed by atoms with Crippen LogP contribution in [-0.4, -0.2) is 35.4 Å². The van der Waals surface area contributed by atoms with Gasteiger partial charge in [-0.3, -0.25) is 9.79 Å². The Balaban J connectivity index is 1.42. The molecule has 1 aliphatic carbocycles. The second kappa shape index (κ2) is 6.82. The van der Waals surface area contributed by atoms with E-state index >= 15 is 0 Å². The number of aliphatic imine (C=N–C) groups is 1. The Hall–Kier alpha value is -2.90. The number of hydrogen-bond donors (Lipinski definition) is 1. The van der Waals surface area contributed by atoms with E-state index in [-0.39, 0.29) is 11.8 Å². The molecule has 8 heteroatoms. The molecule has 1 N–H and O–H groups in total. The Morgan fingerprint density at radius 3 is 2.37 bits per heavy atom. The minimum atomic E-state index is -4.49. The van der Waals surface area contributed by atoms with Crippen LogP contribution in [0.5, 0.6) is 0 Å². The summed E-state index contributed by atoms with van der Waals surface area (Å²) < 4.78 is 39.4. The fourth-order valence-electron chi connectivity index (χ4n) is 4.26. The van der Waals surface area contributed by atoms with E-state index in [4.69, 9.17) is 4.99 Å². The van der Waals surface area contributed by atoms with E-state index in [0.717, 1.165) is 24.6 Å². The number of anilines is 1. The van der Waals surface area contributed by atoms with E-state index in [0.29, 0.717) is 43.0 Å². The van der Waals surface area contributed by atoms with Crippen molar-refractivity contribution in [1.29, 1.82) is 0 Å². The summed E-state index contributed by atoms with van der Waals surface area (Å²) in [5.74, 6) is 0.182. The number of hydrogen-bond acceptors (Lipinski definition) is 4. The first kappa shape index (κ1) is 19.1. The molecule has 1 saturated heterocycles. The second-order valence-electron chi connectivity index (χ2n) is 8.17. The van der Waals surface area contributed by atoms with E-state index in [1.165, 1.54) is 6.07 Å². The molecule has 1 aromatic heterocycles. The number of nitrogens with zero attached hydrogens (tertiary/aromatic N) is 3. The monoisotopic (exact) mass is 414 g/mol. The molecule has 1 aromatic carbocycles. The first-order chi connectivity index (χ1) is 14.4. The van der Waals surface area contributed by atoms with Crippen molar-refractivity contribution in [2.75, 3.05) is 18.0 Å². The maximum atomic E-state index is 13.1. The number of piperidine rings is 1. The van der Waals surface area contributed by atoms with Crippen LogP contribution in [0.25, 0.3) is 0 Å². The molecule has 3 heterocycles. The number of amidine groups is 1. The molecule has 3 aliphatic rings. The zero-order valence-corrected chi connectivity index (χ0v) is 16.2. The zero-order chi connectivity index (χ0) is 20.9. The molecular formula is C22H21F3N4O. The van der Waals surface area contributed by atoms with Crippen molar-refractivity contribution < 1.29 is 18.0 Å². The number of pyridine rings is 1. The maximum Gasteiger partial charge on any atom is 0.433 e. The van der Waals surface area contributed by atoms with Gasteiger partial charge in [0.15, 0.2) is 0 Å². The topological polar surface area (TPSA) is 57.6 Å². The first-order valence-corrected chi connectivity index (χ1v) is 10.2. The number of nitrogens with one attached hydrogen (secondary N) is 1. The van der Waals surface area contributed by atoms with Gasteiger partial charge < -0.3 is 10.2 Å². The van der Waals surface area contributed by atoms with E-state index in [1.807, 2.05) is 30.3 Å². The number of carbonyl (C=O) groups excluding carboxylic acids is 1. The predicted octanol–water partition coefficient (Wildman–Crippen LogP) is 3.89. The molecule has 0 bridgehead atoms. The molecule has 0 unspecified atom stereocenters. The maximum absolute atomic E-state index is 13.1. The van der Waals surface area contributed by atoms with Crippen LogP contribution >= 0.6 is 0 Å². The van der Waals surface area contributed by atoms with Crippen LogP contribution in [0.2, 0.25) is 0 Å². The number of halogens is 3. The van der Waals surface area contributed by atoms with Gasteiger partial charge in [-0.1, -0.05) is 18.2 Å². The lowest BCUT2D eigenvalue weighted by molar-refractivity contribution is -0.141. The molecule has 2 aliphatic heterocycles. The van der Waals surface area contributed by atoms with Gasteiger partial charge in [0.2, 0.25) is 0 Å². The van der Waals surface area contributed by atoms with E-state index in [2.05, 4.69) is 15.2 Å². The number of aromatic nitrogens is 1. The van der Waals surface area contributed by atoms with Crippen molar-refractivity contribution in [3.05, 3.63) is 59.4 Å². The number of para-hydroxylation sites is 1. The normalized spacial score (nSPS) is 21.0. The van der Waals surface area contributed by atoms with Gasteiger partial charge in [-0.15, -0.1) is 0 Å². The minimum absolute atomic E-state index is 0.00150. The van der Waals surface area contributed by atoms with Crippen molar-refractivity contribution in [2.45, 2.75) is 43.3 Å². The average molecular weight is 414 g/mol. The number of rotatable bonds is 3. The molecule has 5 nitrogen and oxygen atoms in total. The van der Waals surface area contributed by atoms with Gasteiger partial charge in [-0.05, 0) is 49.9 Å². The SMILES string of the molecule is O=C1NC(c2ccc(C(F)(F)F)nc2C2CC2)=NC12CCN(c1ccccc1)CC2. The number of amides is 1. The van der Waals surface area contributed by atoms with Crippen molar-refractivity contribution in [3.63, 3.8) is 0 Å². The Bertz CT molecular complexity index is 1010. The van der Waals surface area contributed by atoms with Gasteiger partial charge in [0.1, 0.15) is 17.1 Å². The molecule has 5 rings (SSSR count). The van der Waals surface area contributed by atoms with Gasteiger partial charge in [0, 0.05) is 30.3 Å². The highest BCUT2D eigenvalue weighted by Gasteiger charge is 2.47. The summed E-state index contributed by atoms with van der Waals surface area (Å²) in [5.41, 5.74) is 0.259. The zero-order valence-electron chi connectivity index (χ0n) is 16.2. The highest BCUT2D eigenvalue weighted by atomic mass is 19.4. The smallest absolute Gasteiger partial charge is 0.371 e. The van der Waals surface area contributed by atoms with E-state index in [9.17, 15) is 18.0 Å². The number of carbonyl (C=O) groups is 1. The van der Waals surface area contributed by atoms with Crippen LogP contribution in [0, 0.1) is 0 Å². The van der Waals surface area contributed by atoms with Crippen molar-refractivity contribution in [3.8, 4) is 0 Å². The molecule has 30 heavy (non-hydrogen) atoms. The second-order valence-corrected chi connectivity index (χ2v) is 8.17. The summed E-state index contributed by atoms with van der Waals surface area (Å²) in [5, 5.41) is 2.84. The van der Waals surface area contributed by atoms with Gasteiger partial charge >= 0.3 is 6.18 Å². The molecule has 2 aromatic rings. The number of benzene rings is 1. The largest absolute Gasteiger partial charge is 0.433 e. The molecule has 2 fully saturated rings. The summed E-state index contributed by atoms with van der Waals surface area (Å²) >= 11 is 0. The standard InChI is InChI=1S/C22H21F3N4O/c23-22(24,25)17-9-8-16(18(26-17)14-6-7-14)19-27-20(30)21(28-19)10-12-29(13-11-21)15-4-2-1-3-5-15/h1-5,8-9,14H,6-7,10-13H2,(H,27,28,30). The summed E-state index contributed by atoms with van der Waals surface area (Å²) in [6.07, 6.45) is -1.76. The van der Waals surface area contributed by atoms with Gasteiger partial charge in [0.25, 0.3) is 5.91 Å². The lowest BCUT2D eigenvalue weighted by Gasteiger charge is -2.36. The summed E-state index contributed by atoms with van der Waals surface area (Å²) in [6.45, 7) is 1.38. The molecule has 1 amide bonds. The van der Waals surface area contributed by atoms with E-state index in [1.54, 1.807) is 0 Å². The van der Waals surface area contributed by atoms with Crippen LogP contribution in [-0.2, 0) is 11.0 Å². The Kier molecular flexibility index (Phi) is 4.34. The summed E-state index contributed by atoms with van der Waals surface area (Å²) in [4.78, 5) is 23.7. The number of alkyl halides is 3. The summed E-state index contributed by atoms with van der Waals surface area (Å²) in [6, 6.07) is 12.4. The molecule has 0 radical (unpaired) electrons. The lowest BCUT2D eigenvalue weighted by Crippen LogP contribution is -2.49. The summed E-state index contributed by atoms with van der Waals surface area (Å²) in [7, 11) is 0. The molecule has 156 valence electrons. The van der Waals surface area contributed by atoms with Gasteiger partial charge in [0.05, 0.1) is 5.69 Å². The highest BCUT2D eigenvalue weighted by Crippen LogP contribution is 2.43. The van der Waals surface area contributed by atoms with Gasteiger partial charge in [-0.2, -0.15) is 13.2 Å². The van der Waals surface area contributed by atoms with Crippen LogP contribution < -0.4 is 10.2 Å². The van der Waals surface area contributed by atoms with Crippen LogP contribution in [0.1, 0.15) is 48.6 Å². The molecule has 1 saturated carbocycles. The molecule has 0 atom stereocenters. The van der Waals surface area contributed by atoms with Crippen LogP contribution in [0.3, 0.4) is 0 Å². The van der Waals surface area contributed by atoms with Crippen molar-refractivity contribution in [1.82, 2.24) is 10.3 Å². The van der Waals surface area contributed by atoms with Crippen LogP contribution in [0.4, 0.5) is 18.9 Å². The van der Waals surface area contributed by atoms with Crippen molar-refractivity contribution >= 4 is 17.4 Å².